The Hall–Kier alpha value is -1.36. The van der Waals surface area contributed by atoms with Crippen LogP contribution in [0.25, 0.3) is 10.8 Å². The molecule has 2 N–H and O–H groups in total. The van der Waals surface area contributed by atoms with Crippen molar-refractivity contribution in [3.05, 3.63) is 40.1 Å². The number of nitrogens with zero attached hydrogens (tertiary/aromatic N) is 1. The number of hydroxylamine groups is 1. The first-order valence-corrected chi connectivity index (χ1v) is 5.07. The minimum atomic E-state index is -0.656. The molecule has 2 rings (SSSR count). The van der Waals surface area contributed by atoms with Gasteiger partial charge in [0.15, 0.2) is 0 Å². The van der Waals surface area contributed by atoms with E-state index in [9.17, 15) is 4.79 Å². The summed E-state index contributed by atoms with van der Waals surface area (Å²) in [5, 5.41) is 10.4. The maximum atomic E-state index is 11.4. The van der Waals surface area contributed by atoms with E-state index >= 15 is 0 Å². The lowest BCUT2D eigenvalue weighted by Gasteiger charge is -2.07. The van der Waals surface area contributed by atoms with Crippen LogP contribution in [0.1, 0.15) is 10.4 Å². The summed E-state index contributed by atoms with van der Waals surface area (Å²) in [6.07, 6.45) is 3.04. The summed E-state index contributed by atoms with van der Waals surface area (Å²) in [4.78, 5) is 15.3. The van der Waals surface area contributed by atoms with Gasteiger partial charge in [-0.05, 0) is 12.1 Å². The molecule has 0 aliphatic rings. The van der Waals surface area contributed by atoms with E-state index in [0.29, 0.717) is 15.8 Å². The molecule has 16 heavy (non-hydrogen) atoms. The molecule has 0 aliphatic carbocycles. The zero-order chi connectivity index (χ0) is 11.7. The number of benzene rings is 1. The summed E-state index contributed by atoms with van der Waals surface area (Å²) in [5.41, 5.74) is 1.77. The van der Waals surface area contributed by atoms with Crippen LogP contribution in [0.15, 0.2) is 24.5 Å². The molecule has 0 fully saturated rings. The summed E-state index contributed by atoms with van der Waals surface area (Å²) >= 11 is 11.9. The zero-order valence-corrected chi connectivity index (χ0v) is 9.38. The van der Waals surface area contributed by atoms with Crippen LogP contribution in [0.2, 0.25) is 10.0 Å². The maximum absolute atomic E-state index is 11.4. The molecular weight excluding hydrogens is 251 g/mol. The summed E-state index contributed by atoms with van der Waals surface area (Å²) in [5.74, 6) is -0.656. The van der Waals surface area contributed by atoms with Crippen molar-refractivity contribution in [2.45, 2.75) is 0 Å². The summed E-state index contributed by atoms with van der Waals surface area (Å²) in [6.45, 7) is 0. The topological polar surface area (TPSA) is 62.2 Å². The SMILES string of the molecule is O=C(NO)c1cc(Cl)c(Cl)c2ccncc12. The molecule has 0 radical (unpaired) electrons. The first-order valence-electron chi connectivity index (χ1n) is 4.31. The predicted octanol–water partition coefficient (Wildman–Crippen LogP) is 2.66. The molecule has 6 heteroatoms. The highest BCUT2D eigenvalue weighted by molar-refractivity contribution is 6.45. The van der Waals surface area contributed by atoms with E-state index in [4.69, 9.17) is 28.4 Å². The standard InChI is InChI=1S/C10H6Cl2N2O2/c11-8-3-6(10(15)14-16)7-4-13-2-1-5(7)9(8)12/h1-4,16H,(H,14,15). The van der Waals surface area contributed by atoms with E-state index in [2.05, 4.69) is 4.98 Å². The van der Waals surface area contributed by atoms with Crippen LogP contribution in [-0.4, -0.2) is 16.1 Å². The molecule has 1 heterocycles. The zero-order valence-electron chi connectivity index (χ0n) is 7.87. The lowest BCUT2D eigenvalue weighted by molar-refractivity contribution is 0.0708. The van der Waals surface area contributed by atoms with Crippen LogP contribution in [0.3, 0.4) is 0 Å². The molecule has 0 bridgehead atoms. The van der Waals surface area contributed by atoms with E-state index in [1.165, 1.54) is 12.3 Å². The van der Waals surface area contributed by atoms with Gasteiger partial charge in [-0.3, -0.25) is 15.0 Å². The van der Waals surface area contributed by atoms with Crippen molar-refractivity contribution in [1.29, 1.82) is 0 Å². The van der Waals surface area contributed by atoms with Crippen molar-refractivity contribution < 1.29 is 10.0 Å². The molecule has 0 atom stereocenters. The van der Waals surface area contributed by atoms with Gasteiger partial charge in [-0.1, -0.05) is 23.2 Å². The van der Waals surface area contributed by atoms with Gasteiger partial charge in [-0.2, -0.15) is 0 Å². The van der Waals surface area contributed by atoms with E-state index in [0.717, 1.165) is 0 Å². The Morgan fingerprint density at radius 3 is 2.81 bits per heavy atom. The highest BCUT2D eigenvalue weighted by Gasteiger charge is 2.14. The van der Waals surface area contributed by atoms with Gasteiger partial charge in [0, 0.05) is 23.2 Å². The number of hydrogen-bond donors (Lipinski definition) is 2. The number of carbonyl (C=O) groups is 1. The van der Waals surface area contributed by atoms with Gasteiger partial charge < -0.3 is 0 Å². The van der Waals surface area contributed by atoms with Gasteiger partial charge in [-0.25, -0.2) is 5.48 Å². The van der Waals surface area contributed by atoms with Crippen molar-refractivity contribution in [3.63, 3.8) is 0 Å². The average molecular weight is 257 g/mol. The molecule has 1 aromatic carbocycles. The molecule has 1 aromatic heterocycles. The number of halogens is 2. The Bertz CT molecular complexity index is 572. The average Bonchev–Trinajstić information content (AvgIpc) is 2.33. The number of nitrogens with one attached hydrogen (secondary N) is 1. The number of amides is 1. The van der Waals surface area contributed by atoms with E-state index in [1.807, 2.05) is 0 Å². The van der Waals surface area contributed by atoms with Gasteiger partial charge in [0.25, 0.3) is 5.91 Å². The highest BCUT2D eigenvalue weighted by Crippen LogP contribution is 2.32. The Balaban J connectivity index is 2.85. The maximum Gasteiger partial charge on any atom is 0.275 e. The monoisotopic (exact) mass is 256 g/mol. The van der Waals surface area contributed by atoms with Gasteiger partial charge in [-0.15, -0.1) is 0 Å². The summed E-state index contributed by atoms with van der Waals surface area (Å²) in [6, 6.07) is 3.04. The Morgan fingerprint density at radius 1 is 1.38 bits per heavy atom. The smallest absolute Gasteiger partial charge is 0.275 e. The Labute approximate surface area is 101 Å². The summed E-state index contributed by atoms with van der Waals surface area (Å²) < 4.78 is 0. The second-order valence-corrected chi connectivity index (χ2v) is 3.87. The molecule has 0 saturated heterocycles. The van der Waals surface area contributed by atoms with Crippen molar-refractivity contribution in [2.75, 3.05) is 0 Å². The van der Waals surface area contributed by atoms with Gasteiger partial charge in [0.2, 0.25) is 0 Å². The third kappa shape index (κ3) is 1.71. The van der Waals surface area contributed by atoms with Crippen LogP contribution in [0.5, 0.6) is 0 Å². The van der Waals surface area contributed by atoms with Crippen LogP contribution in [0.4, 0.5) is 0 Å². The third-order valence-electron chi connectivity index (χ3n) is 2.17. The van der Waals surface area contributed by atoms with E-state index in [1.54, 1.807) is 17.7 Å². The predicted molar refractivity (Wildman–Crippen MR) is 61.0 cm³/mol. The van der Waals surface area contributed by atoms with Crippen LogP contribution in [-0.2, 0) is 0 Å². The molecule has 82 valence electrons. The third-order valence-corrected chi connectivity index (χ3v) is 2.98. The number of hydrogen-bond acceptors (Lipinski definition) is 3. The molecule has 2 aromatic rings. The van der Waals surface area contributed by atoms with Gasteiger partial charge in [0.1, 0.15) is 0 Å². The van der Waals surface area contributed by atoms with Crippen molar-refractivity contribution >= 4 is 39.9 Å². The van der Waals surface area contributed by atoms with Crippen molar-refractivity contribution in [2.24, 2.45) is 0 Å². The number of pyridine rings is 1. The molecule has 1 amide bonds. The molecule has 4 nitrogen and oxygen atoms in total. The lowest BCUT2D eigenvalue weighted by atomic mass is 10.1. The Morgan fingerprint density at radius 2 is 2.12 bits per heavy atom. The first kappa shape index (κ1) is 11.1. The second-order valence-electron chi connectivity index (χ2n) is 3.08. The van der Waals surface area contributed by atoms with Gasteiger partial charge in [0.05, 0.1) is 15.6 Å². The highest BCUT2D eigenvalue weighted by atomic mass is 35.5. The minimum absolute atomic E-state index is 0.222. The number of fused-ring (bicyclic) bond motifs is 1. The fraction of sp³-hybridized carbons (Fsp3) is 0. The van der Waals surface area contributed by atoms with Crippen molar-refractivity contribution in [3.8, 4) is 0 Å². The lowest BCUT2D eigenvalue weighted by Crippen LogP contribution is -2.19. The van der Waals surface area contributed by atoms with Crippen LogP contribution in [0, 0.1) is 0 Å². The number of carbonyl (C=O) groups excluding carboxylic acids is 1. The van der Waals surface area contributed by atoms with E-state index in [-0.39, 0.29) is 10.6 Å². The second kappa shape index (κ2) is 4.25. The molecule has 0 aliphatic heterocycles. The number of aromatic nitrogens is 1. The first-order chi connectivity index (χ1) is 7.65. The molecule has 0 spiro atoms. The van der Waals surface area contributed by atoms with Gasteiger partial charge >= 0.3 is 0 Å². The molecule has 0 saturated carbocycles. The van der Waals surface area contributed by atoms with Crippen molar-refractivity contribution in [1.82, 2.24) is 10.5 Å². The fourth-order valence-corrected chi connectivity index (χ4v) is 1.88. The number of rotatable bonds is 1. The Kier molecular flexibility index (Phi) is 2.96. The van der Waals surface area contributed by atoms with Crippen LogP contribution < -0.4 is 5.48 Å². The van der Waals surface area contributed by atoms with E-state index < -0.39 is 5.91 Å². The minimum Gasteiger partial charge on any atom is -0.288 e. The molecule has 0 unspecified atom stereocenters. The largest absolute Gasteiger partial charge is 0.288 e. The fourth-order valence-electron chi connectivity index (χ4n) is 1.45. The van der Waals surface area contributed by atoms with Crippen LogP contribution >= 0.6 is 23.2 Å². The summed E-state index contributed by atoms with van der Waals surface area (Å²) in [7, 11) is 0. The quantitative estimate of drug-likeness (QED) is 0.609. The normalized spacial score (nSPS) is 10.4. The molecular formula is C10H6Cl2N2O2.